The summed E-state index contributed by atoms with van der Waals surface area (Å²) in [7, 11) is 0. The highest BCUT2D eigenvalue weighted by molar-refractivity contribution is 5.85. The Kier molecular flexibility index (Phi) is 9.53. The Bertz CT molecular complexity index is 338. The van der Waals surface area contributed by atoms with Gasteiger partial charge in [-0.2, -0.15) is 0 Å². The molecule has 4 heteroatoms. The van der Waals surface area contributed by atoms with Crippen molar-refractivity contribution in [2.45, 2.75) is 78.2 Å². The van der Waals surface area contributed by atoms with E-state index >= 15 is 0 Å². The van der Waals surface area contributed by atoms with Gasteiger partial charge in [-0.25, -0.2) is 0 Å². The van der Waals surface area contributed by atoms with Crippen LogP contribution in [0.3, 0.4) is 0 Å². The monoisotopic (exact) mass is 344 g/mol. The zero-order chi connectivity index (χ0) is 15.9. The molecule has 3 unspecified atom stereocenters. The fraction of sp³-hybridized carbons (Fsp3) is 0.947. The lowest BCUT2D eigenvalue weighted by Gasteiger charge is -2.33. The molecule has 2 rings (SSSR count). The van der Waals surface area contributed by atoms with Gasteiger partial charge in [0, 0.05) is 12.5 Å². The molecule has 1 aliphatic carbocycles. The molecule has 136 valence electrons. The maximum Gasteiger partial charge on any atom is 0.220 e. The molecule has 0 radical (unpaired) electrons. The molecule has 2 aliphatic rings. The molecule has 1 aliphatic heterocycles. The van der Waals surface area contributed by atoms with Crippen LogP contribution in [0.1, 0.15) is 72.1 Å². The van der Waals surface area contributed by atoms with Crippen molar-refractivity contribution >= 4 is 18.3 Å². The quantitative estimate of drug-likeness (QED) is 0.759. The average Bonchev–Trinajstić information content (AvgIpc) is 2.55. The Morgan fingerprint density at radius 3 is 2.22 bits per heavy atom. The van der Waals surface area contributed by atoms with Crippen molar-refractivity contribution in [2.75, 3.05) is 13.1 Å². The summed E-state index contributed by atoms with van der Waals surface area (Å²) in [6.07, 6.45) is 10.0. The first-order valence-electron chi connectivity index (χ1n) is 9.58. The van der Waals surface area contributed by atoms with Crippen molar-refractivity contribution in [3.05, 3.63) is 0 Å². The standard InChI is InChI=1S/C19H36N2O.ClH/c1-14(17-9-11-20-12-10-17)13-19(22)21-16(3)15(2)18-7-5-4-6-8-18;/h14-18,20H,4-13H2,1-3H3,(H,21,22);1H. The van der Waals surface area contributed by atoms with Crippen LogP contribution >= 0.6 is 12.4 Å². The predicted molar refractivity (Wildman–Crippen MR) is 100.0 cm³/mol. The number of hydrogen-bond donors (Lipinski definition) is 2. The van der Waals surface area contributed by atoms with Crippen LogP contribution < -0.4 is 10.6 Å². The molecule has 0 spiro atoms. The summed E-state index contributed by atoms with van der Waals surface area (Å²) < 4.78 is 0. The molecule has 1 saturated carbocycles. The van der Waals surface area contributed by atoms with Gasteiger partial charge in [-0.1, -0.05) is 46.0 Å². The lowest BCUT2D eigenvalue weighted by atomic mass is 9.78. The number of amides is 1. The normalized spacial score (nSPS) is 24.3. The van der Waals surface area contributed by atoms with Gasteiger partial charge in [0.1, 0.15) is 0 Å². The van der Waals surface area contributed by atoms with Crippen LogP contribution in [0.15, 0.2) is 0 Å². The minimum Gasteiger partial charge on any atom is -0.353 e. The van der Waals surface area contributed by atoms with E-state index in [0.717, 1.165) is 24.9 Å². The first-order chi connectivity index (χ1) is 10.6. The van der Waals surface area contributed by atoms with Crippen LogP contribution in [0.4, 0.5) is 0 Å². The molecule has 0 bridgehead atoms. The van der Waals surface area contributed by atoms with Gasteiger partial charge in [-0.3, -0.25) is 4.79 Å². The number of nitrogens with one attached hydrogen (secondary N) is 2. The third-order valence-electron chi connectivity index (χ3n) is 6.27. The predicted octanol–water partition coefficient (Wildman–Crippen LogP) is 4.16. The van der Waals surface area contributed by atoms with E-state index in [1.807, 2.05) is 0 Å². The number of rotatable bonds is 6. The average molecular weight is 345 g/mol. The summed E-state index contributed by atoms with van der Waals surface area (Å²) in [6, 6.07) is 0.316. The van der Waals surface area contributed by atoms with Gasteiger partial charge in [0.25, 0.3) is 0 Å². The highest BCUT2D eigenvalue weighted by atomic mass is 35.5. The molecule has 3 nitrogen and oxygen atoms in total. The van der Waals surface area contributed by atoms with Crippen LogP contribution in [0.5, 0.6) is 0 Å². The summed E-state index contributed by atoms with van der Waals surface area (Å²) in [6.45, 7) is 9.02. The second-order valence-corrected chi connectivity index (χ2v) is 7.88. The molecule has 1 heterocycles. The summed E-state index contributed by atoms with van der Waals surface area (Å²) in [5.74, 6) is 2.92. The van der Waals surface area contributed by atoms with Crippen molar-refractivity contribution < 1.29 is 4.79 Å². The highest BCUT2D eigenvalue weighted by Crippen LogP contribution is 2.31. The van der Waals surface area contributed by atoms with Gasteiger partial charge in [-0.05, 0) is 56.5 Å². The molecule has 0 aromatic carbocycles. The van der Waals surface area contributed by atoms with Crippen LogP contribution in [0.25, 0.3) is 0 Å². The third kappa shape index (κ3) is 6.62. The number of carbonyl (C=O) groups is 1. The van der Waals surface area contributed by atoms with Gasteiger partial charge in [-0.15, -0.1) is 12.4 Å². The Balaban J connectivity index is 0.00000264. The SMILES string of the molecule is CC(CC(=O)NC(C)C(C)C1CCCCC1)C1CCNCC1.Cl. The van der Waals surface area contributed by atoms with E-state index in [9.17, 15) is 4.79 Å². The molecule has 0 aromatic heterocycles. The van der Waals surface area contributed by atoms with Crippen LogP contribution in [0, 0.1) is 23.7 Å². The van der Waals surface area contributed by atoms with Crippen LogP contribution in [0.2, 0.25) is 0 Å². The zero-order valence-electron chi connectivity index (χ0n) is 15.3. The fourth-order valence-electron chi connectivity index (χ4n) is 4.38. The maximum absolute atomic E-state index is 12.4. The smallest absolute Gasteiger partial charge is 0.220 e. The summed E-state index contributed by atoms with van der Waals surface area (Å²) in [5.41, 5.74) is 0. The molecule has 23 heavy (non-hydrogen) atoms. The summed E-state index contributed by atoms with van der Waals surface area (Å²) >= 11 is 0. The number of hydrogen-bond acceptors (Lipinski definition) is 2. The molecule has 2 N–H and O–H groups in total. The maximum atomic E-state index is 12.4. The largest absolute Gasteiger partial charge is 0.353 e. The van der Waals surface area contributed by atoms with Gasteiger partial charge in [0.05, 0.1) is 0 Å². The van der Waals surface area contributed by atoms with E-state index in [-0.39, 0.29) is 18.3 Å². The van der Waals surface area contributed by atoms with E-state index in [4.69, 9.17) is 0 Å². The molecule has 3 atom stereocenters. The molecule has 0 aromatic rings. The molecular weight excluding hydrogens is 308 g/mol. The summed E-state index contributed by atoms with van der Waals surface area (Å²) in [5, 5.41) is 6.70. The lowest BCUT2D eigenvalue weighted by Crippen LogP contribution is -2.41. The Labute approximate surface area is 149 Å². The van der Waals surface area contributed by atoms with Crippen molar-refractivity contribution in [3.63, 3.8) is 0 Å². The van der Waals surface area contributed by atoms with E-state index in [0.29, 0.717) is 24.3 Å². The van der Waals surface area contributed by atoms with Gasteiger partial charge < -0.3 is 10.6 Å². The number of halogens is 1. The van der Waals surface area contributed by atoms with E-state index in [1.165, 1.54) is 44.9 Å². The van der Waals surface area contributed by atoms with E-state index < -0.39 is 0 Å². The highest BCUT2D eigenvalue weighted by Gasteiger charge is 2.27. The molecular formula is C19H37ClN2O. The number of piperidine rings is 1. The van der Waals surface area contributed by atoms with E-state index in [1.54, 1.807) is 0 Å². The number of carbonyl (C=O) groups excluding carboxylic acids is 1. The fourth-order valence-corrected chi connectivity index (χ4v) is 4.38. The second-order valence-electron chi connectivity index (χ2n) is 7.88. The Morgan fingerprint density at radius 2 is 1.61 bits per heavy atom. The third-order valence-corrected chi connectivity index (χ3v) is 6.27. The van der Waals surface area contributed by atoms with Gasteiger partial charge >= 0.3 is 0 Å². The first-order valence-corrected chi connectivity index (χ1v) is 9.58. The van der Waals surface area contributed by atoms with Crippen LogP contribution in [-0.2, 0) is 4.79 Å². The van der Waals surface area contributed by atoms with E-state index in [2.05, 4.69) is 31.4 Å². The van der Waals surface area contributed by atoms with Crippen LogP contribution in [-0.4, -0.2) is 25.0 Å². The van der Waals surface area contributed by atoms with Crippen molar-refractivity contribution in [1.29, 1.82) is 0 Å². The minimum atomic E-state index is 0. The topological polar surface area (TPSA) is 41.1 Å². The van der Waals surface area contributed by atoms with Gasteiger partial charge in [0.15, 0.2) is 0 Å². The molecule has 1 saturated heterocycles. The Hall–Kier alpha value is -0.280. The zero-order valence-corrected chi connectivity index (χ0v) is 16.1. The summed E-state index contributed by atoms with van der Waals surface area (Å²) in [4.78, 5) is 12.4. The Morgan fingerprint density at radius 1 is 1.00 bits per heavy atom. The van der Waals surface area contributed by atoms with Crippen molar-refractivity contribution in [2.24, 2.45) is 23.7 Å². The van der Waals surface area contributed by atoms with Crippen molar-refractivity contribution in [1.82, 2.24) is 10.6 Å². The first kappa shape index (κ1) is 20.8. The second kappa shape index (κ2) is 10.6. The van der Waals surface area contributed by atoms with Gasteiger partial charge in [0.2, 0.25) is 5.91 Å². The minimum absolute atomic E-state index is 0. The molecule has 2 fully saturated rings. The lowest BCUT2D eigenvalue weighted by molar-refractivity contribution is -0.123. The van der Waals surface area contributed by atoms with Crippen molar-refractivity contribution in [3.8, 4) is 0 Å². The molecule has 1 amide bonds.